The van der Waals surface area contributed by atoms with Gasteiger partial charge >= 0.3 is 5.69 Å². The molecule has 1 heterocycles. The molecule has 104 valence electrons. The van der Waals surface area contributed by atoms with E-state index in [0.29, 0.717) is 15.7 Å². The molecular formula is C11H8Cl2N4O3. The number of hydrogen-bond donors (Lipinski definition) is 1. The molecule has 1 aromatic carbocycles. The van der Waals surface area contributed by atoms with Gasteiger partial charge in [-0.2, -0.15) is 5.10 Å². The second-order valence-corrected chi connectivity index (χ2v) is 4.61. The summed E-state index contributed by atoms with van der Waals surface area (Å²) in [6.07, 6.45) is 2.23. The van der Waals surface area contributed by atoms with Gasteiger partial charge in [-0.15, -0.1) is 0 Å². The van der Waals surface area contributed by atoms with Crippen LogP contribution in [0.1, 0.15) is 0 Å². The van der Waals surface area contributed by atoms with E-state index < -0.39 is 10.8 Å². The molecule has 0 saturated carbocycles. The van der Waals surface area contributed by atoms with Crippen LogP contribution in [0.2, 0.25) is 10.0 Å². The molecule has 0 atom stereocenters. The maximum absolute atomic E-state index is 11.8. The minimum atomic E-state index is -0.591. The molecule has 1 aromatic heterocycles. The number of para-hydroxylation sites is 1. The number of benzene rings is 1. The SMILES string of the molecule is O=C(Cn1cc([N+](=O)[O-])cn1)Nc1c(Cl)cccc1Cl. The Hall–Kier alpha value is -2.12. The Labute approximate surface area is 123 Å². The average Bonchev–Trinajstić information content (AvgIpc) is 2.82. The van der Waals surface area contributed by atoms with Gasteiger partial charge in [-0.25, -0.2) is 0 Å². The first kappa shape index (κ1) is 14.3. The van der Waals surface area contributed by atoms with E-state index in [1.807, 2.05) is 0 Å². The predicted octanol–water partition coefficient (Wildman–Crippen LogP) is 2.74. The Balaban J connectivity index is 2.07. The van der Waals surface area contributed by atoms with Gasteiger partial charge in [-0.05, 0) is 12.1 Å². The molecule has 0 saturated heterocycles. The summed E-state index contributed by atoms with van der Waals surface area (Å²) in [4.78, 5) is 21.7. The lowest BCUT2D eigenvalue weighted by Crippen LogP contribution is -2.19. The van der Waals surface area contributed by atoms with Crippen LogP contribution in [0.3, 0.4) is 0 Å². The van der Waals surface area contributed by atoms with Crippen molar-refractivity contribution in [1.82, 2.24) is 9.78 Å². The molecule has 1 N–H and O–H groups in total. The summed E-state index contributed by atoms with van der Waals surface area (Å²) in [5, 5.41) is 17.3. The first-order valence-corrected chi connectivity index (χ1v) is 6.13. The fraction of sp³-hybridized carbons (Fsp3) is 0.0909. The van der Waals surface area contributed by atoms with Crippen molar-refractivity contribution in [2.45, 2.75) is 6.54 Å². The molecule has 0 radical (unpaired) electrons. The molecule has 2 rings (SSSR count). The van der Waals surface area contributed by atoms with Crippen LogP contribution in [0.5, 0.6) is 0 Å². The summed E-state index contributed by atoms with van der Waals surface area (Å²) in [7, 11) is 0. The lowest BCUT2D eigenvalue weighted by molar-refractivity contribution is -0.385. The number of anilines is 1. The van der Waals surface area contributed by atoms with Gasteiger partial charge < -0.3 is 5.32 Å². The van der Waals surface area contributed by atoms with Crippen LogP contribution in [-0.4, -0.2) is 20.6 Å². The smallest absolute Gasteiger partial charge is 0.307 e. The van der Waals surface area contributed by atoms with E-state index in [2.05, 4.69) is 10.4 Å². The molecule has 0 aliphatic heterocycles. The van der Waals surface area contributed by atoms with Crippen molar-refractivity contribution in [3.05, 3.63) is 50.8 Å². The highest BCUT2D eigenvalue weighted by Gasteiger charge is 2.13. The third-order valence-corrected chi connectivity index (χ3v) is 2.99. The summed E-state index contributed by atoms with van der Waals surface area (Å²) >= 11 is 11.8. The van der Waals surface area contributed by atoms with Crippen molar-refractivity contribution >= 4 is 40.5 Å². The van der Waals surface area contributed by atoms with Crippen LogP contribution in [-0.2, 0) is 11.3 Å². The number of amides is 1. The van der Waals surface area contributed by atoms with Crippen molar-refractivity contribution in [1.29, 1.82) is 0 Å². The second-order valence-electron chi connectivity index (χ2n) is 3.80. The van der Waals surface area contributed by atoms with Gasteiger partial charge in [0.2, 0.25) is 5.91 Å². The van der Waals surface area contributed by atoms with Crippen LogP contribution < -0.4 is 5.32 Å². The minimum absolute atomic E-state index is 0.185. The number of carbonyl (C=O) groups is 1. The van der Waals surface area contributed by atoms with Gasteiger partial charge in [-0.1, -0.05) is 29.3 Å². The summed E-state index contributed by atoms with van der Waals surface area (Å²) < 4.78 is 1.15. The van der Waals surface area contributed by atoms with E-state index in [4.69, 9.17) is 23.2 Å². The van der Waals surface area contributed by atoms with Gasteiger partial charge in [0.15, 0.2) is 0 Å². The molecule has 2 aromatic rings. The quantitative estimate of drug-likeness (QED) is 0.694. The van der Waals surface area contributed by atoms with Gasteiger partial charge in [0.25, 0.3) is 0 Å². The van der Waals surface area contributed by atoms with Gasteiger partial charge in [0.1, 0.15) is 18.9 Å². The van der Waals surface area contributed by atoms with Crippen LogP contribution >= 0.6 is 23.2 Å². The summed E-state index contributed by atoms with van der Waals surface area (Å²) in [5.74, 6) is -0.446. The minimum Gasteiger partial charge on any atom is -0.322 e. The highest BCUT2D eigenvalue weighted by atomic mass is 35.5. The molecule has 7 nitrogen and oxygen atoms in total. The van der Waals surface area contributed by atoms with Crippen molar-refractivity contribution in [3.8, 4) is 0 Å². The largest absolute Gasteiger partial charge is 0.322 e. The monoisotopic (exact) mass is 314 g/mol. The first-order chi connectivity index (χ1) is 9.47. The maximum Gasteiger partial charge on any atom is 0.307 e. The number of nitrogens with one attached hydrogen (secondary N) is 1. The van der Waals surface area contributed by atoms with E-state index in [1.165, 1.54) is 0 Å². The average molecular weight is 315 g/mol. The Kier molecular flexibility index (Phi) is 4.21. The number of nitrogens with zero attached hydrogens (tertiary/aromatic N) is 3. The van der Waals surface area contributed by atoms with Crippen LogP contribution in [0.4, 0.5) is 11.4 Å². The zero-order valence-electron chi connectivity index (χ0n) is 9.92. The number of carbonyl (C=O) groups excluding carboxylic acids is 1. The molecular weight excluding hydrogens is 307 g/mol. The van der Waals surface area contributed by atoms with Crippen LogP contribution in [0.15, 0.2) is 30.6 Å². The van der Waals surface area contributed by atoms with Crippen molar-refractivity contribution < 1.29 is 9.72 Å². The van der Waals surface area contributed by atoms with E-state index in [1.54, 1.807) is 18.2 Å². The molecule has 9 heteroatoms. The molecule has 0 unspecified atom stereocenters. The van der Waals surface area contributed by atoms with Gasteiger partial charge in [0.05, 0.1) is 20.7 Å². The molecule has 20 heavy (non-hydrogen) atoms. The standard InChI is InChI=1S/C11H8Cl2N4O3/c12-8-2-1-3-9(13)11(8)15-10(18)6-16-5-7(4-14-16)17(19)20/h1-5H,6H2,(H,15,18). The zero-order chi connectivity index (χ0) is 14.7. The molecule has 0 fully saturated rings. The van der Waals surface area contributed by atoms with E-state index in [0.717, 1.165) is 17.1 Å². The number of rotatable bonds is 4. The van der Waals surface area contributed by atoms with Gasteiger partial charge in [0, 0.05) is 0 Å². The fourth-order valence-corrected chi connectivity index (χ4v) is 1.97. The number of aromatic nitrogens is 2. The number of nitro groups is 1. The highest BCUT2D eigenvalue weighted by molar-refractivity contribution is 6.39. The van der Waals surface area contributed by atoms with Crippen LogP contribution in [0, 0.1) is 10.1 Å². The summed E-state index contributed by atoms with van der Waals surface area (Å²) in [6, 6.07) is 4.82. The molecule has 1 amide bonds. The molecule has 0 aliphatic carbocycles. The molecule has 0 spiro atoms. The summed E-state index contributed by atoms with van der Waals surface area (Å²) in [5.41, 5.74) is 0.107. The Morgan fingerprint density at radius 1 is 1.40 bits per heavy atom. The van der Waals surface area contributed by atoms with E-state index in [9.17, 15) is 14.9 Å². The van der Waals surface area contributed by atoms with E-state index >= 15 is 0 Å². The highest BCUT2D eigenvalue weighted by Crippen LogP contribution is 2.29. The number of hydrogen-bond acceptors (Lipinski definition) is 4. The predicted molar refractivity (Wildman–Crippen MR) is 74.0 cm³/mol. The van der Waals surface area contributed by atoms with Gasteiger partial charge in [-0.3, -0.25) is 19.6 Å². The Morgan fingerprint density at radius 3 is 2.60 bits per heavy atom. The molecule has 0 bridgehead atoms. The third-order valence-electron chi connectivity index (χ3n) is 2.36. The Bertz CT molecular complexity index is 651. The third kappa shape index (κ3) is 3.25. The second kappa shape index (κ2) is 5.89. The summed E-state index contributed by atoms with van der Waals surface area (Å²) in [6.45, 7) is -0.185. The van der Waals surface area contributed by atoms with Crippen molar-refractivity contribution in [2.75, 3.05) is 5.32 Å². The lowest BCUT2D eigenvalue weighted by Gasteiger charge is -2.08. The van der Waals surface area contributed by atoms with Crippen molar-refractivity contribution in [3.63, 3.8) is 0 Å². The topological polar surface area (TPSA) is 90.1 Å². The number of halogens is 2. The lowest BCUT2D eigenvalue weighted by atomic mass is 10.3. The normalized spacial score (nSPS) is 10.3. The van der Waals surface area contributed by atoms with E-state index in [-0.39, 0.29) is 12.2 Å². The fourth-order valence-electron chi connectivity index (χ4n) is 1.48. The molecule has 0 aliphatic rings. The Morgan fingerprint density at radius 2 is 2.05 bits per heavy atom. The first-order valence-electron chi connectivity index (χ1n) is 5.38. The zero-order valence-corrected chi connectivity index (χ0v) is 11.4. The maximum atomic E-state index is 11.8. The van der Waals surface area contributed by atoms with Crippen molar-refractivity contribution in [2.24, 2.45) is 0 Å². The van der Waals surface area contributed by atoms with Crippen LogP contribution in [0.25, 0.3) is 0 Å².